The number of benzene rings is 1. The fraction of sp³-hybridized carbons (Fsp3) is 0.308. The largest absolute Gasteiger partial charge is 0.397 e. The summed E-state index contributed by atoms with van der Waals surface area (Å²) in [5, 5.41) is 9.78. The Kier molecular flexibility index (Phi) is 4.19. The van der Waals surface area contributed by atoms with Crippen molar-refractivity contribution < 1.29 is 4.79 Å². The predicted molar refractivity (Wildman–Crippen MR) is 77.4 cm³/mol. The van der Waals surface area contributed by atoms with Gasteiger partial charge >= 0.3 is 0 Å². The SMILES string of the molecule is CN(C)C(=O)c1ccc(NCCc2ncn[nH]2)c(N)c1. The number of hydrogen-bond donors (Lipinski definition) is 3. The molecule has 0 aliphatic heterocycles. The molecule has 0 radical (unpaired) electrons. The van der Waals surface area contributed by atoms with E-state index < -0.39 is 0 Å². The van der Waals surface area contributed by atoms with Crippen LogP contribution in [-0.4, -0.2) is 46.6 Å². The Morgan fingerprint density at radius 2 is 2.25 bits per heavy atom. The number of aromatic nitrogens is 3. The van der Waals surface area contributed by atoms with Gasteiger partial charge in [0.15, 0.2) is 0 Å². The van der Waals surface area contributed by atoms with Crippen LogP contribution < -0.4 is 11.1 Å². The molecule has 7 heteroatoms. The maximum Gasteiger partial charge on any atom is 0.253 e. The van der Waals surface area contributed by atoms with Crippen molar-refractivity contribution in [2.75, 3.05) is 31.7 Å². The van der Waals surface area contributed by atoms with Gasteiger partial charge in [0.1, 0.15) is 12.2 Å². The van der Waals surface area contributed by atoms with Crippen LogP contribution in [0.2, 0.25) is 0 Å². The van der Waals surface area contributed by atoms with Gasteiger partial charge in [-0.25, -0.2) is 4.98 Å². The number of nitrogens with two attached hydrogens (primary N) is 1. The lowest BCUT2D eigenvalue weighted by Crippen LogP contribution is -2.21. The number of hydrogen-bond acceptors (Lipinski definition) is 5. The average Bonchev–Trinajstić information content (AvgIpc) is 2.92. The molecule has 4 N–H and O–H groups in total. The molecule has 2 aromatic rings. The van der Waals surface area contributed by atoms with Crippen LogP contribution in [0.5, 0.6) is 0 Å². The van der Waals surface area contributed by atoms with E-state index in [9.17, 15) is 4.79 Å². The van der Waals surface area contributed by atoms with Crippen molar-refractivity contribution in [2.45, 2.75) is 6.42 Å². The maximum absolute atomic E-state index is 11.8. The molecule has 0 unspecified atom stereocenters. The number of H-pyrrole nitrogens is 1. The first-order valence-corrected chi connectivity index (χ1v) is 6.27. The molecule has 0 aliphatic rings. The van der Waals surface area contributed by atoms with Gasteiger partial charge in [0.25, 0.3) is 5.91 Å². The Hall–Kier alpha value is -2.57. The summed E-state index contributed by atoms with van der Waals surface area (Å²) in [6, 6.07) is 5.25. The van der Waals surface area contributed by atoms with Crippen molar-refractivity contribution in [2.24, 2.45) is 0 Å². The third-order valence-corrected chi connectivity index (χ3v) is 2.85. The maximum atomic E-state index is 11.8. The number of nitrogens with zero attached hydrogens (tertiary/aromatic N) is 3. The lowest BCUT2D eigenvalue weighted by Gasteiger charge is -2.13. The van der Waals surface area contributed by atoms with Crippen LogP contribution in [0.25, 0.3) is 0 Å². The second-order valence-electron chi connectivity index (χ2n) is 4.61. The number of anilines is 2. The van der Waals surface area contributed by atoms with E-state index >= 15 is 0 Å². The Morgan fingerprint density at radius 3 is 2.85 bits per heavy atom. The van der Waals surface area contributed by atoms with E-state index in [1.807, 2.05) is 6.07 Å². The van der Waals surface area contributed by atoms with Crippen LogP contribution in [0, 0.1) is 0 Å². The molecule has 0 saturated heterocycles. The van der Waals surface area contributed by atoms with E-state index in [1.165, 1.54) is 11.2 Å². The number of rotatable bonds is 5. The van der Waals surface area contributed by atoms with Crippen molar-refractivity contribution in [3.8, 4) is 0 Å². The zero-order valence-corrected chi connectivity index (χ0v) is 11.6. The minimum absolute atomic E-state index is 0.0649. The summed E-state index contributed by atoms with van der Waals surface area (Å²) in [6.45, 7) is 0.681. The highest BCUT2D eigenvalue weighted by Crippen LogP contribution is 2.20. The molecule has 0 bridgehead atoms. The second kappa shape index (κ2) is 6.05. The predicted octanol–water partition coefficient (Wildman–Crippen LogP) is 0.743. The summed E-state index contributed by atoms with van der Waals surface area (Å²) >= 11 is 0. The summed E-state index contributed by atoms with van der Waals surface area (Å²) < 4.78 is 0. The van der Waals surface area contributed by atoms with Crippen molar-refractivity contribution in [1.29, 1.82) is 0 Å². The Labute approximate surface area is 117 Å². The first-order valence-electron chi connectivity index (χ1n) is 6.27. The van der Waals surface area contributed by atoms with Gasteiger partial charge in [0.2, 0.25) is 0 Å². The van der Waals surface area contributed by atoms with E-state index in [1.54, 1.807) is 26.2 Å². The molecular weight excluding hydrogens is 256 g/mol. The van der Waals surface area contributed by atoms with Crippen LogP contribution in [0.3, 0.4) is 0 Å². The van der Waals surface area contributed by atoms with Crippen LogP contribution in [-0.2, 0) is 6.42 Å². The first-order chi connectivity index (χ1) is 9.58. The van der Waals surface area contributed by atoms with E-state index in [2.05, 4.69) is 20.5 Å². The van der Waals surface area contributed by atoms with Crippen LogP contribution in [0.4, 0.5) is 11.4 Å². The van der Waals surface area contributed by atoms with Crippen LogP contribution in [0.1, 0.15) is 16.2 Å². The third-order valence-electron chi connectivity index (χ3n) is 2.85. The molecule has 7 nitrogen and oxygen atoms in total. The smallest absolute Gasteiger partial charge is 0.253 e. The lowest BCUT2D eigenvalue weighted by molar-refractivity contribution is 0.0827. The molecule has 106 valence electrons. The molecule has 0 fully saturated rings. The van der Waals surface area contributed by atoms with Crippen LogP contribution >= 0.6 is 0 Å². The number of carbonyl (C=O) groups is 1. The van der Waals surface area contributed by atoms with Gasteiger partial charge in [-0.15, -0.1) is 0 Å². The van der Waals surface area contributed by atoms with E-state index in [0.29, 0.717) is 17.8 Å². The van der Waals surface area contributed by atoms with Gasteiger partial charge < -0.3 is 16.0 Å². The topological polar surface area (TPSA) is 99.9 Å². The van der Waals surface area contributed by atoms with E-state index in [4.69, 9.17) is 5.73 Å². The first kappa shape index (κ1) is 13.9. The van der Waals surface area contributed by atoms with Crippen molar-refractivity contribution in [3.63, 3.8) is 0 Å². The van der Waals surface area contributed by atoms with Gasteiger partial charge in [0, 0.05) is 32.6 Å². The zero-order valence-electron chi connectivity index (χ0n) is 11.6. The highest BCUT2D eigenvalue weighted by Gasteiger charge is 2.09. The number of nitrogens with one attached hydrogen (secondary N) is 2. The Balaban J connectivity index is 1.97. The fourth-order valence-electron chi connectivity index (χ4n) is 1.78. The van der Waals surface area contributed by atoms with E-state index in [-0.39, 0.29) is 5.91 Å². The van der Waals surface area contributed by atoms with Gasteiger partial charge in [-0.2, -0.15) is 5.10 Å². The van der Waals surface area contributed by atoms with Crippen molar-refractivity contribution in [3.05, 3.63) is 35.9 Å². The number of nitrogen functional groups attached to an aromatic ring is 1. The highest BCUT2D eigenvalue weighted by molar-refractivity contribution is 5.95. The lowest BCUT2D eigenvalue weighted by atomic mass is 10.1. The molecule has 1 aromatic heterocycles. The molecule has 0 aliphatic carbocycles. The summed E-state index contributed by atoms with van der Waals surface area (Å²) in [7, 11) is 3.42. The zero-order chi connectivity index (χ0) is 14.5. The monoisotopic (exact) mass is 274 g/mol. The van der Waals surface area contributed by atoms with Gasteiger partial charge in [-0.05, 0) is 18.2 Å². The minimum atomic E-state index is -0.0649. The number of amides is 1. The summed E-state index contributed by atoms with van der Waals surface area (Å²) in [5.41, 5.74) is 7.88. The quantitative estimate of drug-likeness (QED) is 0.698. The number of aromatic amines is 1. The van der Waals surface area contributed by atoms with Gasteiger partial charge in [-0.3, -0.25) is 9.89 Å². The second-order valence-corrected chi connectivity index (χ2v) is 4.61. The van der Waals surface area contributed by atoms with Crippen molar-refractivity contribution in [1.82, 2.24) is 20.1 Å². The average molecular weight is 274 g/mol. The number of carbonyl (C=O) groups excluding carboxylic acids is 1. The van der Waals surface area contributed by atoms with Gasteiger partial charge in [-0.1, -0.05) is 0 Å². The van der Waals surface area contributed by atoms with Gasteiger partial charge in [0.05, 0.1) is 11.4 Å². The molecule has 0 spiro atoms. The summed E-state index contributed by atoms with van der Waals surface area (Å²) in [4.78, 5) is 17.4. The molecule has 1 amide bonds. The molecule has 20 heavy (non-hydrogen) atoms. The summed E-state index contributed by atoms with van der Waals surface area (Å²) in [5.74, 6) is 0.750. The molecule has 0 saturated carbocycles. The molecule has 2 rings (SSSR count). The Morgan fingerprint density at radius 1 is 1.45 bits per heavy atom. The normalized spacial score (nSPS) is 10.3. The highest BCUT2D eigenvalue weighted by atomic mass is 16.2. The van der Waals surface area contributed by atoms with Crippen LogP contribution in [0.15, 0.2) is 24.5 Å². The Bertz CT molecular complexity index is 579. The fourth-order valence-corrected chi connectivity index (χ4v) is 1.78. The molecule has 1 aromatic carbocycles. The third kappa shape index (κ3) is 3.25. The molecule has 0 atom stereocenters. The van der Waals surface area contributed by atoms with E-state index in [0.717, 1.165) is 17.9 Å². The minimum Gasteiger partial charge on any atom is -0.397 e. The molecule has 1 heterocycles. The molecular formula is C13H18N6O. The van der Waals surface area contributed by atoms with Crippen molar-refractivity contribution >= 4 is 17.3 Å². The standard InChI is InChI=1S/C13H18N6O/c1-19(2)13(20)9-3-4-11(10(14)7-9)15-6-5-12-16-8-17-18-12/h3-4,7-8,15H,5-6,14H2,1-2H3,(H,16,17,18). The summed E-state index contributed by atoms with van der Waals surface area (Å²) in [6.07, 6.45) is 2.20.